The first-order valence-electron chi connectivity index (χ1n) is 7.48. The molecule has 0 aliphatic heterocycles. The molecule has 0 atom stereocenters. The Bertz CT molecular complexity index is 492. The number of thioether (sulfide) groups is 1. The summed E-state index contributed by atoms with van der Waals surface area (Å²) in [4.78, 5) is 4.66. The van der Waals surface area contributed by atoms with Crippen molar-refractivity contribution < 1.29 is 4.39 Å². The van der Waals surface area contributed by atoms with Crippen LogP contribution in [0, 0.1) is 5.82 Å². The normalized spacial score (nSPS) is 15.9. The molecule has 1 fully saturated rings. The van der Waals surface area contributed by atoms with Crippen LogP contribution in [0.5, 0.6) is 0 Å². The van der Waals surface area contributed by atoms with Gasteiger partial charge in [0.15, 0.2) is 5.96 Å². The maximum absolute atomic E-state index is 14.0. The summed E-state index contributed by atoms with van der Waals surface area (Å²) in [5, 5.41) is 6.56. The molecule has 0 bridgehead atoms. The zero-order valence-corrected chi connectivity index (χ0v) is 16.3. The number of guanidine groups is 1. The van der Waals surface area contributed by atoms with Crippen LogP contribution in [-0.2, 0) is 5.41 Å². The monoisotopic (exact) mass is 437 g/mol. The van der Waals surface area contributed by atoms with E-state index in [0.717, 1.165) is 43.2 Å². The average Bonchev–Trinajstić information content (AvgIpc) is 3.26. The molecular weight excluding hydrogens is 412 g/mol. The Hall–Kier alpha value is -0.500. The van der Waals surface area contributed by atoms with Gasteiger partial charge in [-0.05, 0) is 37.7 Å². The van der Waals surface area contributed by atoms with Crippen LogP contribution in [0.15, 0.2) is 29.3 Å². The van der Waals surface area contributed by atoms with Gasteiger partial charge in [-0.3, -0.25) is 4.99 Å². The quantitative estimate of drug-likeness (QED) is 0.297. The number of benzene rings is 1. The van der Waals surface area contributed by atoms with E-state index in [4.69, 9.17) is 0 Å². The maximum Gasteiger partial charge on any atom is 0.191 e. The van der Waals surface area contributed by atoms with Gasteiger partial charge in [-0.15, -0.1) is 24.0 Å². The van der Waals surface area contributed by atoms with Gasteiger partial charge in [-0.2, -0.15) is 11.8 Å². The summed E-state index contributed by atoms with van der Waals surface area (Å²) < 4.78 is 14.0. The first kappa shape index (κ1) is 19.5. The number of halogens is 2. The van der Waals surface area contributed by atoms with Crippen LogP contribution in [0.4, 0.5) is 4.39 Å². The fraction of sp³-hybridized carbons (Fsp3) is 0.562. The zero-order valence-electron chi connectivity index (χ0n) is 13.2. The van der Waals surface area contributed by atoms with Crippen LogP contribution in [0.2, 0.25) is 0 Å². The number of hydrogen-bond donors (Lipinski definition) is 2. The van der Waals surface area contributed by atoms with E-state index >= 15 is 0 Å². The summed E-state index contributed by atoms with van der Waals surface area (Å²) in [7, 11) is 0. The van der Waals surface area contributed by atoms with E-state index in [0.29, 0.717) is 6.54 Å². The molecule has 0 amide bonds. The van der Waals surface area contributed by atoms with E-state index in [1.807, 2.05) is 12.1 Å². The Balaban J connectivity index is 0.00000242. The topological polar surface area (TPSA) is 36.4 Å². The second-order valence-corrected chi connectivity index (χ2v) is 6.36. The van der Waals surface area contributed by atoms with Crippen LogP contribution in [0.1, 0.15) is 25.3 Å². The number of aliphatic imine (C=N–C) groups is 1. The molecule has 0 radical (unpaired) electrons. The largest absolute Gasteiger partial charge is 0.357 e. The van der Waals surface area contributed by atoms with E-state index in [-0.39, 0.29) is 35.2 Å². The van der Waals surface area contributed by atoms with Crippen LogP contribution >= 0.6 is 35.7 Å². The minimum Gasteiger partial charge on any atom is -0.357 e. The second-order valence-electron chi connectivity index (χ2n) is 5.37. The molecule has 0 saturated heterocycles. The van der Waals surface area contributed by atoms with E-state index in [1.165, 1.54) is 0 Å². The van der Waals surface area contributed by atoms with Crippen molar-refractivity contribution in [1.82, 2.24) is 10.6 Å². The van der Waals surface area contributed by atoms with E-state index in [9.17, 15) is 4.39 Å². The SMILES string of the molecule is CCNC(=NCC1(c2ccccc2F)CC1)NCCSC.I. The Morgan fingerprint density at radius 2 is 2.05 bits per heavy atom. The van der Waals surface area contributed by atoms with Crippen LogP contribution in [0.3, 0.4) is 0 Å². The Morgan fingerprint density at radius 3 is 2.64 bits per heavy atom. The summed E-state index contributed by atoms with van der Waals surface area (Å²) >= 11 is 1.80. The molecule has 1 aliphatic carbocycles. The van der Waals surface area contributed by atoms with Crippen molar-refractivity contribution >= 4 is 41.7 Å². The highest BCUT2D eigenvalue weighted by Crippen LogP contribution is 2.49. The van der Waals surface area contributed by atoms with Gasteiger partial charge in [0.1, 0.15) is 5.82 Å². The van der Waals surface area contributed by atoms with Gasteiger partial charge in [0.2, 0.25) is 0 Å². The molecule has 2 rings (SSSR count). The van der Waals surface area contributed by atoms with Crippen molar-refractivity contribution in [2.45, 2.75) is 25.2 Å². The zero-order chi connectivity index (χ0) is 15.1. The molecule has 0 heterocycles. The van der Waals surface area contributed by atoms with Crippen molar-refractivity contribution in [2.24, 2.45) is 4.99 Å². The summed E-state index contributed by atoms with van der Waals surface area (Å²) in [5.41, 5.74) is 0.724. The minimum atomic E-state index is -0.106. The van der Waals surface area contributed by atoms with Crippen molar-refractivity contribution in [3.8, 4) is 0 Å². The molecule has 2 N–H and O–H groups in total. The number of nitrogens with zero attached hydrogens (tertiary/aromatic N) is 1. The van der Waals surface area contributed by atoms with Crippen molar-refractivity contribution in [1.29, 1.82) is 0 Å². The van der Waals surface area contributed by atoms with Gasteiger partial charge in [-0.1, -0.05) is 18.2 Å². The average molecular weight is 437 g/mol. The molecule has 0 aromatic heterocycles. The molecule has 6 heteroatoms. The lowest BCUT2D eigenvalue weighted by Gasteiger charge is -2.16. The summed E-state index contributed by atoms with van der Waals surface area (Å²) in [5.74, 6) is 1.77. The smallest absolute Gasteiger partial charge is 0.191 e. The molecular formula is C16H25FIN3S. The first-order chi connectivity index (χ1) is 10.2. The van der Waals surface area contributed by atoms with Gasteiger partial charge in [0, 0.05) is 24.3 Å². The number of nitrogens with one attached hydrogen (secondary N) is 2. The molecule has 1 aliphatic rings. The van der Waals surface area contributed by atoms with E-state index in [1.54, 1.807) is 23.9 Å². The predicted molar refractivity (Wildman–Crippen MR) is 105 cm³/mol. The molecule has 0 unspecified atom stereocenters. The third-order valence-corrected chi connectivity index (χ3v) is 4.39. The second kappa shape index (κ2) is 9.60. The van der Waals surface area contributed by atoms with E-state index in [2.05, 4.69) is 28.8 Å². The molecule has 1 saturated carbocycles. The molecule has 22 heavy (non-hydrogen) atoms. The van der Waals surface area contributed by atoms with Crippen molar-refractivity contribution in [2.75, 3.05) is 31.6 Å². The minimum absolute atomic E-state index is 0. The lowest BCUT2D eigenvalue weighted by atomic mass is 9.95. The number of rotatable bonds is 7. The Morgan fingerprint density at radius 1 is 1.32 bits per heavy atom. The third kappa shape index (κ3) is 5.30. The van der Waals surface area contributed by atoms with Crippen molar-refractivity contribution in [3.63, 3.8) is 0 Å². The summed E-state index contributed by atoms with van der Waals surface area (Å²) in [6, 6.07) is 7.09. The fourth-order valence-electron chi connectivity index (χ4n) is 2.40. The summed E-state index contributed by atoms with van der Waals surface area (Å²) in [6.45, 7) is 4.41. The highest BCUT2D eigenvalue weighted by molar-refractivity contribution is 14.0. The molecule has 124 valence electrons. The highest BCUT2D eigenvalue weighted by atomic mass is 127. The number of hydrogen-bond acceptors (Lipinski definition) is 2. The third-order valence-electron chi connectivity index (χ3n) is 3.78. The Kier molecular flexibility index (Phi) is 8.53. The van der Waals surface area contributed by atoms with Gasteiger partial charge < -0.3 is 10.6 Å². The van der Waals surface area contributed by atoms with E-state index < -0.39 is 0 Å². The molecule has 3 nitrogen and oxygen atoms in total. The highest BCUT2D eigenvalue weighted by Gasteiger charge is 2.45. The molecule has 0 spiro atoms. The van der Waals surface area contributed by atoms with Crippen LogP contribution in [-0.4, -0.2) is 37.6 Å². The maximum atomic E-state index is 14.0. The standard InChI is InChI=1S/C16H24FN3S.HI/c1-3-18-15(19-10-11-21-2)20-12-16(8-9-16)13-6-4-5-7-14(13)17;/h4-7H,3,8-12H2,1-2H3,(H2,18,19,20);1H. The van der Waals surface area contributed by atoms with Crippen LogP contribution in [0.25, 0.3) is 0 Å². The molecule has 1 aromatic carbocycles. The molecule has 1 aromatic rings. The van der Waals surface area contributed by atoms with Gasteiger partial charge >= 0.3 is 0 Å². The summed E-state index contributed by atoms with van der Waals surface area (Å²) in [6.07, 6.45) is 4.12. The van der Waals surface area contributed by atoms with Gasteiger partial charge in [-0.25, -0.2) is 4.39 Å². The van der Waals surface area contributed by atoms with Crippen LogP contribution < -0.4 is 10.6 Å². The predicted octanol–water partition coefficient (Wildman–Crippen LogP) is 3.39. The lowest BCUT2D eigenvalue weighted by molar-refractivity contribution is 0.572. The van der Waals surface area contributed by atoms with Gasteiger partial charge in [0.25, 0.3) is 0 Å². The Labute approximate surface area is 154 Å². The fourth-order valence-corrected chi connectivity index (χ4v) is 2.70. The first-order valence-corrected chi connectivity index (χ1v) is 8.87. The lowest BCUT2D eigenvalue weighted by Crippen LogP contribution is -2.39. The van der Waals surface area contributed by atoms with Crippen molar-refractivity contribution in [3.05, 3.63) is 35.6 Å². The van der Waals surface area contributed by atoms with Gasteiger partial charge in [0.05, 0.1) is 6.54 Å².